The zero-order valence-corrected chi connectivity index (χ0v) is 20.1. The van der Waals surface area contributed by atoms with Crippen molar-refractivity contribution >= 4 is 41.4 Å². The summed E-state index contributed by atoms with van der Waals surface area (Å²) in [4.78, 5) is 70.3. The summed E-state index contributed by atoms with van der Waals surface area (Å²) in [6.07, 6.45) is -3.89. The Morgan fingerprint density at radius 3 is 2.25 bits per heavy atom. The van der Waals surface area contributed by atoms with Crippen LogP contribution in [0.1, 0.15) is 50.9 Å². The number of hydrogen-bond acceptors (Lipinski definition) is 11. The lowest BCUT2D eigenvalue weighted by atomic mass is 9.97. The van der Waals surface area contributed by atoms with E-state index in [-0.39, 0.29) is 36.4 Å². The van der Waals surface area contributed by atoms with Crippen molar-refractivity contribution in [2.24, 2.45) is 0 Å². The SMILES string of the molecule is CC(=O)OC[C@@H]1C[C@H](OC(C)=O)CC(C(OC(C)=O)C(=O)Nc2ccc(C(=O)O)c(OC(C)=O)c2)O1. The van der Waals surface area contributed by atoms with Crippen molar-refractivity contribution in [2.45, 2.75) is 65.0 Å². The molecule has 0 bridgehead atoms. The topological polar surface area (TPSA) is 181 Å². The third kappa shape index (κ3) is 8.65. The molecule has 4 atom stereocenters. The van der Waals surface area contributed by atoms with Gasteiger partial charge in [-0.2, -0.15) is 0 Å². The number of carbonyl (C=O) groups excluding carboxylic acids is 5. The predicted octanol–water partition coefficient (Wildman–Crippen LogP) is 1.22. The third-order valence-electron chi connectivity index (χ3n) is 4.82. The maximum absolute atomic E-state index is 13.1. The van der Waals surface area contributed by atoms with E-state index < -0.39 is 60.2 Å². The highest BCUT2D eigenvalue weighted by molar-refractivity contribution is 5.98. The van der Waals surface area contributed by atoms with Crippen molar-refractivity contribution in [3.63, 3.8) is 0 Å². The highest BCUT2D eigenvalue weighted by Gasteiger charge is 2.41. The molecule has 1 aliphatic rings. The van der Waals surface area contributed by atoms with Gasteiger partial charge in [0.2, 0.25) is 6.10 Å². The van der Waals surface area contributed by atoms with Gasteiger partial charge in [0, 0.05) is 52.3 Å². The van der Waals surface area contributed by atoms with Gasteiger partial charge in [-0.1, -0.05) is 0 Å². The lowest BCUT2D eigenvalue weighted by molar-refractivity contribution is -0.190. The average Bonchev–Trinajstić information content (AvgIpc) is 2.74. The van der Waals surface area contributed by atoms with Crippen LogP contribution < -0.4 is 10.1 Å². The Kier molecular flexibility index (Phi) is 9.91. The first-order valence-corrected chi connectivity index (χ1v) is 10.9. The normalized spacial score (nSPS) is 19.8. The number of carboxylic acids is 1. The van der Waals surface area contributed by atoms with E-state index in [1.807, 2.05) is 0 Å². The summed E-state index contributed by atoms with van der Waals surface area (Å²) < 4.78 is 26.2. The van der Waals surface area contributed by atoms with Gasteiger partial charge in [0.15, 0.2) is 0 Å². The van der Waals surface area contributed by atoms with Gasteiger partial charge in [0.25, 0.3) is 5.91 Å². The first-order chi connectivity index (χ1) is 16.8. The molecule has 0 aromatic heterocycles. The quantitative estimate of drug-likeness (QED) is 0.276. The number of anilines is 1. The molecule has 1 aliphatic heterocycles. The van der Waals surface area contributed by atoms with Crippen molar-refractivity contribution in [1.29, 1.82) is 0 Å². The number of hydrogen-bond donors (Lipinski definition) is 2. The Hall–Kier alpha value is -4.00. The third-order valence-corrected chi connectivity index (χ3v) is 4.82. The Bertz CT molecular complexity index is 1040. The number of esters is 4. The fraction of sp³-hybridized carbons (Fsp3) is 0.478. The number of rotatable bonds is 9. The number of nitrogens with one attached hydrogen (secondary N) is 1. The molecule has 0 saturated carbocycles. The largest absolute Gasteiger partial charge is 0.478 e. The molecular weight excluding hydrogens is 482 g/mol. The van der Waals surface area contributed by atoms with Crippen LogP contribution in [0.4, 0.5) is 5.69 Å². The van der Waals surface area contributed by atoms with Crippen LogP contribution in [0.5, 0.6) is 5.75 Å². The molecule has 1 fully saturated rings. The van der Waals surface area contributed by atoms with Gasteiger partial charge in [-0.25, -0.2) is 4.79 Å². The van der Waals surface area contributed by atoms with Crippen LogP contribution in [-0.4, -0.2) is 71.9 Å². The molecule has 2 rings (SSSR count). The van der Waals surface area contributed by atoms with Crippen LogP contribution in [0.15, 0.2) is 18.2 Å². The van der Waals surface area contributed by atoms with Crippen LogP contribution >= 0.6 is 0 Å². The second-order valence-electron chi connectivity index (χ2n) is 7.93. The number of ether oxygens (including phenoxy) is 5. The minimum absolute atomic E-state index is 0.00182. The molecule has 0 radical (unpaired) electrons. The van der Waals surface area contributed by atoms with Gasteiger partial charge in [0.1, 0.15) is 30.1 Å². The molecule has 1 aromatic rings. The molecule has 1 aromatic carbocycles. The summed E-state index contributed by atoms with van der Waals surface area (Å²) in [5.41, 5.74) is -0.268. The molecule has 2 unspecified atom stereocenters. The van der Waals surface area contributed by atoms with Gasteiger partial charge in [-0.3, -0.25) is 24.0 Å². The van der Waals surface area contributed by atoms with Crippen molar-refractivity contribution in [3.8, 4) is 5.75 Å². The van der Waals surface area contributed by atoms with E-state index in [0.29, 0.717) is 0 Å². The van der Waals surface area contributed by atoms with Gasteiger partial charge in [-0.05, 0) is 12.1 Å². The maximum Gasteiger partial charge on any atom is 0.339 e. The number of aromatic carboxylic acids is 1. The molecular formula is C23H27NO12. The van der Waals surface area contributed by atoms with Gasteiger partial charge < -0.3 is 34.1 Å². The first-order valence-electron chi connectivity index (χ1n) is 10.9. The summed E-state index contributed by atoms with van der Waals surface area (Å²) in [7, 11) is 0. The first kappa shape index (κ1) is 28.2. The zero-order chi connectivity index (χ0) is 27.0. The molecule has 13 nitrogen and oxygen atoms in total. The van der Waals surface area contributed by atoms with E-state index in [2.05, 4.69) is 5.32 Å². The Balaban J connectivity index is 2.30. The number of benzene rings is 1. The Morgan fingerprint density at radius 2 is 1.69 bits per heavy atom. The lowest BCUT2D eigenvalue weighted by Gasteiger charge is -2.37. The van der Waals surface area contributed by atoms with E-state index in [9.17, 15) is 33.9 Å². The molecule has 2 N–H and O–H groups in total. The van der Waals surface area contributed by atoms with Crippen LogP contribution in [0.3, 0.4) is 0 Å². The fourth-order valence-corrected chi connectivity index (χ4v) is 3.56. The highest BCUT2D eigenvalue weighted by atomic mass is 16.6. The van der Waals surface area contributed by atoms with Crippen LogP contribution in [0, 0.1) is 0 Å². The second kappa shape index (κ2) is 12.6. The summed E-state index contributed by atoms with van der Waals surface area (Å²) >= 11 is 0. The van der Waals surface area contributed by atoms with E-state index in [4.69, 9.17) is 23.7 Å². The summed E-state index contributed by atoms with van der Waals surface area (Å²) in [5.74, 6) is -5.21. The highest BCUT2D eigenvalue weighted by Crippen LogP contribution is 2.28. The van der Waals surface area contributed by atoms with E-state index in [1.54, 1.807) is 0 Å². The number of carboxylic acid groups (broad SMARTS) is 1. The molecule has 1 saturated heterocycles. The van der Waals surface area contributed by atoms with E-state index in [0.717, 1.165) is 26.0 Å². The minimum Gasteiger partial charge on any atom is -0.478 e. The van der Waals surface area contributed by atoms with Crippen molar-refractivity contribution < 1.29 is 57.6 Å². The fourth-order valence-electron chi connectivity index (χ4n) is 3.56. The summed E-state index contributed by atoms with van der Waals surface area (Å²) in [5, 5.41) is 11.8. The summed E-state index contributed by atoms with van der Waals surface area (Å²) in [6.45, 7) is 4.41. The molecule has 36 heavy (non-hydrogen) atoms. The molecule has 0 aliphatic carbocycles. The molecule has 1 heterocycles. The Labute approximate surface area is 206 Å². The lowest BCUT2D eigenvalue weighted by Crippen LogP contribution is -2.50. The van der Waals surface area contributed by atoms with Gasteiger partial charge >= 0.3 is 29.8 Å². The number of carbonyl (C=O) groups is 6. The molecule has 1 amide bonds. The monoisotopic (exact) mass is 509 g/mol. The zero-order valence-electron chi connectivity index (χ0n) is 20.1. The molecule has 196 valence electrons. The standard InChI is InChI=1S/C23H27NO12/c1-11(25)32-10-17-8-16(33-12(2)26)9-20(36-17)21(35-14(4)28)22(29)24-15-5-6-18(23(30)31)19(7-15)34-13(3)27/h5-7,16-17,20-21H,8-10H2,1-4H3,(H,24,29)(H,30,31)/t16-,17-,20?,21?/m0/s1. The minimum atomic E-state index is -1.52. The Morgan fingerprint density at radius 1 is 1.00 bits per heavy atom. The van der Waals surface area contributed by atoms with E-state index in [1.165, 1.54) is 19.9 Å². The van der Waals surface area contributed by atoms with E-state index >= 15 is 0 Å². The van der Waals surface area contributed by atoms with Crippen molar-refractivity contribution in [3.05, 3.63) is 23.8 Å². The summed E-state index contributed by atoms with van der Waals surface area (Å²) in [6, 6.07) is 3.51. The maximum atomic E-state index is 13.1. The van der Waals surface area contributed by atoms with Crippen LogP contribution in [0.2, 0.25) is 0 Å². The molecule has 13 heteroatoms. The smallest absolute Gasteiger partial charge is 0.339 e. The van der Waals surface area contributed by atoms with Crippen molar-refractivity contribution in [1.82, 2.24) is 0 Å². The van der Waals surface area contributed by atoms with Crippen LogP contribution in [-0.2, 0) is 42.9 Å². The average molecular weight is 509 g/mol. The van der Waals surface area contributed by atoms with Crippen LogP contribution in [0.25, 0.3) is 0 Å². The van der Waals surface area contributed by atoms with Crippen molar-refractivity contribution in [2.75, 3.05) is 11.9 Å². The van der Waals surface area contributed by atoms with Gasteiger partial charge in [-0.15, -0.1) is 0 Å². The van der Waals surface area contributed by atoms with Gasteiger partial charge in [0.05, 0.1) is 6.10 Å². The second-order valence-corrected chi connectivity index (χ2v) is 7.93. The number of amides is 1. The molecule has 0 spiro atoms. The predicted molar refractivity (Wildman–Crippen MR) is 119 cm³/mol.